The summed E-state index contributed by atoms with van der Waals surface area (Å²) in [4.78, 5) is 22.0. The lowest BCUT2D eigenvalue weighted by atomic mass is 10.1. The maximum Gasteiger partial charge on any atom is 0.316 e. The van der Waals surface area contributed by atoms with E-state index in [1.54, 1.807) is 13.8 Å². The molecule has 122 valence electrons. The lowest BCUT2D eigenvalue weighted by Crippen LogP contribution is -2.47. The summed E-state index contributed by atoms with van der Waals surface area (Å²) >= 11 is 0. The van der Waals surface area contributed by atoms with E-state index in [2.05, 4.69) is 20.9 Å². The van der Waals surface area contributed by atoms with Gasteiger partial charge in [0.2, 0.25) is 0 Å². The summed E-state index contributed by atoms with van der Waals surface area (Å²) in [7, 11) is 0. The van der Waals surface area contributed by atoms with Gasteiger partial charge in [0, 0.05) is 13.0 Å². The molecule has 0 saturated carbocycles. The number of amides is 2. The number of azo groups is 1. The first-order chi connectivity index (χ1) is 9.73. The van der Waals surface area contributed by atoms with Crippen LogP contribution in [0.3, 0.4) is 0 Å². The van der Waals surface area contributed by atoms with Gasteiger partial charge in [0.05, 0.1) is 6.04 Å². The van der Waals surface area contributed by atoms with E-state index in [0.29, 0.717) is 13.0 Å². The number of hydrogen-bond acceptors (Lipinski definition) is 4. The van der Waals surface area contributed by atoms with Gasteiger partial charge in [-0.05, 0) is 40.5 Å². The van der Waals surface area contributed by atoms with Crippen LogP contribution in [0.2, 0.25) is 0 Å². The van der Waals surface area contributed by atoms with Gasteiger partial charge in [0.1, 0.15) is 5.66 Å². The maximum absolute atomic E-state index is 11.7. The number of nitrogens with zero attached hydrogens (tertiary/aromatic N) is 2. The van der Waals surface area contributed by atoms with Crippen molar-refractivity contribution >= 4 is 12.0 Å². The number of carbonyl (C=O) groups excluding carboxylic acids is 1. The predicted octanol–water partition coefficient (Wildman–Crippen LogP) is 2.92. The molecule has 7 heteroatoms. The third kappa shape index (κ3) is 13.1. The molecule has 0 heterocycles. The minimum atomic E-state index is -0.759. The molecule has 0 spiro atoms. The van der Waals surface area contributed by atoms with Crippen LogP contribution < -0.4 is 10.6 Å². The lowest BCUT2D eigenvalue weighted by Gasteiger charge is -2.20. The number of hydrogen-bond donors (Lipinski definition) is 3. The molecule has 0 rings (SSSR count). The van der Waals surface area contributed by atoms with Gasteiger partial charge in [-0.2, -0.15) is 10.2 Å². The van der Waals surface area contributed by atoms with Crippen LogP contribution in [0.1, 0.15) is 59.8 Å². The van der Waals surface area contributed by atoms with Crippen LogP contribution >= 0.6 is 0 Å². The molecule has 0 unspecified atom stereocenters. The van der Waals surface area contributed by atoms with Crippen LogP contribution in [0.25, 0.3) is 0 Å². The molecule has 0 aromatic heterocycles. The Bertz CT molecular complexity index is 354. The first-order valence-electron chi connectivity index (χ1n) is 7.43. The standard InChI is InChI=1S/C14H28N4O3/c1-11(2)17-18-14(3,4)16-13(21)15-10-8-6-5-7-9-12(19)20/h11H,5-10H2,1-4H3,(H,19,20)(H2,15,16,21). The zero-order chi connectivity index (χ0) is 16.3. The topological polar surface area (TPSA) is 103 Å². The highest BCUT2D eigenvalue weighted by atomic mass is 16.4. The van der Waals surface area contributed by atoms with Crippen molar-refractivity contribution in [3.63, 3.8) is 0 Å². The predicted molar refractivity (Wildman–Crippen MR) is 81.3 cm³/mol. The van der Waals surface area contributed by atoms with Crippen molar-refractivity contribution in [2.75, 3.05) is 6.54 Å². The highest BCUT2D eigenvalue weighted by molar-refractivity contribution is 5.74. The molecule has 0 aliphatic rings. The van der Waals surface area contributed by atoms with Gasteiger partial charge in [-0.15, -0.1) is 0 Å². The van der Waals surface area contributed by atoms with Gasteiger partial charge in [-0.25, -0.2) is 4.79 Å². The van der Waals surface area contributed by atoms with E-state index in [1.807, 2.05) is 13.8 Å². The Morgan fingerprint density at radius 2 is 1.76 bits per heavy atom. The Hall–Kier alpha value is -1.66. The second kappa shape index (κ2) is 10.1. The highest BCUT2D eigenvalue weighted by Gasteiger charge is 2.19. The largest absolute Gasteiger partial charge is 0.481 e. The summed E-state index contributed by atoms with van der Waals surface area (Å²) < 4.78 is 0. The molecule has 0 aromatic carbocycles. The highest BCUT2D eigenvalue weighted by Crippen LogP contribution is 2.06. The number of unbranched alkanes of at least 4 members (excludes halogenated alkanes) is 3. The normalized spacial score (nSPS) is 11.9. The zero-order valence-electron chi connectivity index (χ0n) is 13.5. The van der Waals surface area contributed by atoms with E-state index in [9.17, 15) is 9.59 Å². The van der Waals surface area contributed by atoms with Gasteiger partial charge < -0.3 is 15.7 Å². The van der Waals surface area contributed by atoms with Crippen molar-refractivity contribution in [3.05, 3.63) is 0 Å². The molecule has 0 aliphatic carbocycles. The van der Waals surface area contributed by atoms with Gasteiger partial charge in [-0.3, -0.25) is 4.79 Å². The average molecular weight is 300 g/mol. The molecule has 0 saturated heterocycles. The van der Waals surface area contributed by atoms with Crippen molar-refractivity contribution in [2.24, 2.45) is 10.2 Å². The van der Waals surface area contributed by atoms with E-state index in [0.717, 1.165) is 19.3 Å². The molecule has 7 nitrogen and oxygen atoms in total. The number of nitrogens with one attached hydrogen (secondary N) is 2. The molecule has 0 atom stereocenters. The Balaban J connectivity index is 3.73. The van der Waals surface area contributed by atoms with Crippen molar-refractivity contribution in [3.8, 4) is 0 Å². The second-order valence-corrected chi connectivity index (χ2v) is 5.81. The summed E-state index contributed by atoms with van der Waals surface area (Å²) in [5.41, 5.74) is -0.726. The quantitative estimate of drug-likeness (QED) is 0.427. The molecule has 0 bridgehead atoms. The fraction of sp³-hybridized carbons (Fsp3) is 0.857. The number of urea groups is 1. The van der Waals surface area contributed by atoms with E-state index in [4.69, 9.17) is 5.11 Å². The van der Waals surface area contributed by atoms with Crippen molar-refractivity contribution in [2.45, 2.75) is 71.5 Å². The Kier molecular flexibility index (Phi) is 9.32. The van der Waals surface area contributed by atoms with Crippen LogP contribution in [-0.2, 0) is 4.79 Å². The monoisotopic (exact) mass is 300 g/mol. The molecule has 0 aromatic rings. The van der Waals surface area contributed by atoms with Gasteiger partial charge in [-0.1, -0.05) is 12.8 Å². The lowest BCUT2D eigenvalue weighted by molar-refractivity contribution is -0.137. The third-order valence-corrected chi connectivity index (χ3v) is 2.56. The molecular weight excluding hydrogens is 272 g/mol. The minimum Gasteiger partial charge on any atom is -0.481 e. The number of carboxylic acids is 1. The van der Waals surface area contributed by atoms with Crippen LogP contribution in [-0.4, -0.2) is 35.4 Å². The average Bonchev–Trinajstić information content (AvgIpc) is 2.34. The number of carbonyl (C=O) groups is 2. The van der Waals surface area contributed by atoms with E-state index in [-0.39, 0.29) is 18.5 Å². The number of aliphatic carboxylic acids is 1. The van der Waals surface area contributed by atoms with Gasteiger partial charge in [0.25, 0.3) is 0 Å². The van der Waals surface area contributed by atoms with Crippen LogP contribution in [0.15, 0.2) is 10.2 Å². The SMILES string of the molecule is CC(C)N=NC(C)(C)NC(=O)NCCCCCCC(=O)O. The summed E-state index contributed by atoms with van der Waals surface area (Å²) in [5, 5.41) is 22.1. The molecule has 3 N–H and O–H groups in total. The van der Waals surface area contributed by atoms with E-state index >= 15 is 0 Å². The minimum absolute atomic E-state index is 0.0972. The fourth-order valence-electron chi connectivity index (χ4n) is 1.56. The summed E-state index contributed by atoms with van der Waals surface area (Å²) in [5.74, 6) is -0.759. The number of carboxylic acid groups (broad SMARTS) is 1. The Morgan fingerprint density at radius 1 is 1.14 bits per heavy atom. The molecule has 0 aliphatic heterocycles. The van der Waals surface area contributed by atoms with E-state index in [1.165, 1.54) is 0 Å². The number of rotatable bonds is 10. The smallest absolute Gasteiger partial charge is 0.316 e. The Morgan fingerprint density at radius 3 is 2.33 bits per heavy atom. The fourth-order valence-corrected chi connectivity index (χ4v) is 1.56. The summed E-state index contributed by atoms with van der Waals surface area (Å²) in [6.45, 7) is 7.97. The molecule has 0 radical (unpaired) electrons. The summed E-state index contributed by atoms with van der Waals surface area (Å²) in [6, 6.07) is -0.173. The van der Waals surface area contributed by atoms with Crippen LogP contribution in [0, 0.1) is 0 Å². The third-order valence-electron chi connectivity index (χ3n) is 2.56. The second-order valence-electron chi connectivity index (χ2n) is 5.81. The Labute approximate surface area is 126 Å². The first-order valence-corrected chi connectivity index (χ1v) is 7.43. The summed E-state index contributed by atoms with van der Waals surface area (Å²) in [6.07, 6.45) is 3.50. The van der Waals surface area contributed by atoms with Crippen molar-refractivity contribution < 1.29 is 14.7 Å². The van der Waals surface area contributed by atoms with Crippen LogP contribution in [0.5, 0.6) is 0 Å². The molecular formula is C14H28N4O3. The molecule has 2 amide bonds. The van der Waals surface area contributed by atoms with Crippen molar-refractivity contribution in [1.29, 1.82) is 0 Å². The van der Waals surface area contributed by atoms with E-state index < -0.39 is 11.6 Å². The van der Waals surface area contributed by atoms with Crippen LogP contribution in [0.4, 0.5) is 4.79 Å². The zero-order valence-corrected chi connectivity index (χ0v) is 13.5. The first kappa shape index (κ1) is 19.3. The molecule has 0 fully saturated rings. The molecule has 21 heavy (non-hydrogen) atoms. The maximum atomic E-state index is 11.7. The van der Waals surface area contributed by atoms with Crippen molar-refractivity contribution in [1.82, 2.24) is 10.6 Å². The van der Waals surface area contributed by atoms with Gasteiger partial charge in [0.15, 0.2) is 0 Å². The van der Waals surface area contributed by atoms with Gasteiger partial charge >= 0.3 is 12.0 Å².